The number of hydrogen-bond acceptors (Lipinski definition) is 2. The molecule has 1 atom stereocenters. The van der Waals surface area contributed by atoms with Crippen LogP contribution in [0.2, 0.25) is 0 Å². The van der Waals surface area contributed by atoms with Crippen LogP contribution >= 0.6 is 0 Å². The first-order chi connectivity index (χ1) is 8.56. The molecule has 1 aromatic heterocycles. The topological polar surface area (TPSA) is 57.8 Å². The van der Waals surface area contributed by atoms with E-state index in [1.165, 1.54) is 0 Å². The van der Waals surface area contributed by atoms with Crippen LogP contribution < -0.4 is 5.32 Å². The molecule has 0 radical (unpaired) electrons. The third-order valence-corrected chi connectivity index (χ3v) is 3.08. The van der Waals surface area contributed by atoms with Gasteiger partial charge in [-0.2, -0.15) is 5.10 Å². The molecule has 1 heterocycles. The average molecular weight is 249 g/mol. The highest BCUT2D eigenvalue weighted by Gasteiger charge is 2.16. The second kappa shape index (κ2) is 6.99. The minimum atomic E-state index is -0.0226. The van der Waals surface area contributed by atoms with Crippen LogP contribution in [0, 0.1) is 19.8 Å². The zero-order valence-corrected chi connectivity index (χ0v) is 11.7. The zero-order valence-electron chi connectivity index (χ0n) is 11.7. The molecule has 0 bridgehead atoms. The molecule has 1 amide bonds. The molecule has 0 unspecified atom stereocenters. The summed E-state index contributed by atoms with van der Waals surface area (Å²) >= 11 is 0. The van der Waals surface area contributed by atoms with E-state index in [2.05, 4.69) is 21.6 Å². The lowest BCUT2D eigenvalue weighted by Gasteiger charge is -2.11. The monoisotopic (exact) mass is 249 g/mol. The number of allylic oxidation sites excluding steroid dienone is 1. The number of carbonyl (C=O) groups excluding carboxylic acids is 1. The summed E-state index contributed by atoms with van der Waals surface area (Å²) in [5.74, 6) is 0.0881. The third-order valence-electron chi connectivity index (χ3n) is 3.08. The zero-order chi connectivity index (χ0) is 13.5. The predicted molar refractivity (Wildman–Crippen MR) is 73.4 cm³/mol. The second-order valence-electron chi connectivity index (χ2n) is 4.67. The maximum Gasteiger partial charge on any atom is 0.223 e. The van der Waals surface area contributed by atoms with Crippen molar-refractivity contribution < 1.29 is 4.79 Å². The molecule has 0 aliphatic rings. The highest BCUT2D eigenvalue weighted by Crippen LogP contribution is 2.15. The summed E-state index contributed by atoms with van der Waals surface area (Å²) in [6.45, 7) is 8.60. The highest BCUT2D eigenvalue weighted by atomic mass is 16.1. The minimum Gasteiger partial charge on any atom is -0.356 e. The number of nitrogens with zero attached hydrogens (tertiary/aromatic N) is 1. The molecule has 0 saturated heterocycles. The van der Waals surface area contributed by atoms with Crippen molar-refractivity contribution in [2.24, 2.45) is 5.92 Å². The van der Waals surface area contributed by atoms with E-state index in [0.717, 1.165) is 29.8 Å². The summed E-state index contributed by atoms with van der Waals surface area (Å²) in [5.41, 5.74) is 3.20. The van der Waals surface area contributed by atoms with E-state index >= 15 is 0 Å². The molecular formula is C14H23N3O. The number of H-pyrrole nitrogens is 1. The fraction of sp³-hybridized carbons (Fsp3) is 0.571. The van der Waals surface area contributed by atoms with E-state index in [9.17, 15) is 4.79 Å². The molecule has 1 aromatic rings. The third kappa shape index (κ3) is 4.02. The molecule has 0 spiro atoms. The van der Waals surface area contributed by atoms with Crippen molar-refractivity contribution in [3.05, 3.63) is 29.1 Å². The number of aryl methyl sites for hydroxylation is 2. The normalized spacial score (nSPS) is 12.9. The van der Waals surface area contributed by atoms with E-state index in [0.29, 0.717) is 6.54 Å². The molecule has 0 aliphatic heterocycles. The Bertz CT molecular complexity index is 401. The van der Waals surface area contributed by atoms with Crippen molar-refractivity contribution >= 4 is 5.91 Å². The Balaban J connectivity index is 2.45. The lowest BCUT2D eigenvalue weighted by molar-refractivity contribution is -0.124. The lowest BCUT2D eigenvalue weighted by atomic mass is 9.99. The van der Waals surface area contributed by atoms with Gasteiger partial charge in [-0.15, -0.1) is 0 Å². The average Bonchev–Trinajstić information content (AvgIpc) is 2.66. The van der Waals surface area contributed by atoms with Gasteiger partial charge in [0.15, 0.2) is 0 Å². The molecule has 0 aromatic carbocycles. The van der Waals surface area contributed by atoms with Crippen LogP contribution in [0.1, 0.15) is 37.2 Å². The number of aromatic nitrogens is 2. The fourth-order valence-corrected chi connectivity index (χ4v) is 1.89. The number of aromatic amines is 1. The van der Waals surface area contributed by atoms with Gasteiger partial charge < -0.3 is 5.32 Å². The number of nitrogens with one attached hydrogen (secondary N) is 2. The van der Waals surface area contributed by atoms with Crippen molar-refractivity contribution in [3.8, 4) is 0 Å². The van der Waals surface area contributed by atoms with Gasteiger partial charge in [0.2, 0.25) is 5.91 Å². The Kier molecular flexibility index (Phi) is 5.62. The van der Waals surface area contributed by atoms with E-state index < -0.39 is 0 Å². The largest absolute Gasteiger partial charge is 0.356 e. The van der Waals surface area contributed by atoms with Crippen LogP contribution in [0.25, 0.3) is 0 Å². The van der Waals surface area contributed by atoms with Crippen LogP contribution in [-0.2, 0) is 11.2 Å². The quantitative estimate of drug-likeness (QED) is 0.600. The molecule has 0 fully saturated rings. The fourth-order valence-electron chi connectivity index (χ4n) is 1.89. The van der Waals surface area contributed by atoms with Gasteiger partial charge in [0.25, 0.3) is 0 Å². The molecule has 0 saturated carbocycles. The first-order valence-corrected chi connectivity index (χ1v) is 6.45. The van der Waals surface area contributed by atoms with Crippen molar-refractivity contribution in [2.75, 3.05) is 6.54 Å². The van der Waals surface area contributed by atoms with Crippen molar-refractivity contribution in [3.63, 3.8) is 0 Å². The second-order valence-corrected chi connectivity index (χ2v) is 4.67. The maximum atomic E-state index is 11.9. The molecule has 2 N–H and O–H groups in total. The minimum absolute atomic E-state index is 0.0226. The smallest absolute Gasteiger partial charge is 0.223 e. The summed E-state index contributed by atoms with van der Waals surface area (Å²) in [6.07, 6.45) is 5.67. The van der Waals surface area contributed by atoms with E-state index in [1.807, 2.05) is 33.8 Å². The lowest BCUT2D eigenvalue weighted by Crippen LogP contribution is -2.31. The summed E-state index contributed by atoms with van der Waals surface area (Å²) in [4.78, 5) is 11.9. The van der Waals surface area contributed by atoms with Gasteiger partial charge in [-0.1, -0.05) is 19.1 Å². The highest BCUT2D eigenvalue weighted by molar-refractivity contribution is 5.78. The Morgan fingerprint density at radius 3 is 2.78 bits per heavy atom. The Labute approximate surface area is 109 Å². The summed E-state index contributed by atoms with van der Waals surface area (Å²) < 4.78 is 0. The van der Waals surface area contributed by atoms with E-state index in [-0.39, 0.29) is 11.8 Å². The van der Waals surface area contributed by atoms with Crippen molar-refractivity contribution in [1.82, 2.24) is 15.5 Å². The molecule has 4 heteroatoms. The van der Waals surface area contributed by atoms with Gasteiger partial charge in [0.05, 0.1) is 5.69 Å². The molecule has 18 heavy (non-hydrogen) atoms. The first-order valence-electron chi connectivity index (χ1n) is 6.45. The number of amides is 1. The molecule has 1 rings (SSSR count). The Morgan fingerprint density at radius 1 is 1.50 bits per heavy atom. The predicted octanol–water partition coefficient (Wildman–Crippen LogP) is 2.29. The molecule has 100 valence electrons. The van der Waals surface area contributed by atoms with Gasteiger partial charge in [-0.3, -0.25) is 9.89 Å². The van der Waals surface area contributed by atoms with Gasteiger partial charge in [-0.05, 0) is 39.2 Å². The van der Waals surface area contributed by atoms with E-state index in [1.54, 1.807) is 0 Å². The van der Waals surface area contributed by atoms with Crippen LogP contribution in [-0.4, -0.2) is 22.6 Å². The summed E-state index contributed by atoms with van der Waals surface area (Å²) in [7, 11) is 0. The van der Waals surface area contributed by atoms with Gasteiger partial charge in [0.1, 0.15) is 0 Å². The summed E-state index contributed by atoms with van der Waals surface area (Å²) in [6, 6.07) is 0. The number of carbonyl (C=O) groups is 1. The summed E-state index contributed by atoms with van der Waals surface area (Å²) in [5, 5.41) is 10.0. The van der Waals surface area contributed by atoms with E-state index in [4.69, 9.17) is 0 Å². The maximum absolute atomic E-state index is 11.9. The molecule has 4 nitrogen and oxygen atoms in total. The van der Waals surface area contributed by atoms with Gasteiger partial charge >= 0.3 is 0 Å². The number of rotatable bonds is 6. The number of hydrogen-bond donors (Lipinski definition) is 2. The van der Waals surface area contributed by atoms with Crippen molar-refractivity contribution in [2.45, 2.75) is 40.5 Å². The standard InChI is InChI=1S/C14H23N3O/c1-5-6-7-8-15-14(18)10(2)9-13-11(3)16-17-12(13)4/h5-6,10H,7-9H2,1-4H3,(H,15,18)(H,16,17)/b6-5+/t10-/m1/s1. The van der Waals surface area contributed by atoms with Gasteiger partial charge in [0, 0.05) is 18.2 Å². The van der Waals surface area contributed by atoms with Crippen LogP contribution in [0.4, 0.5) is 0 Å². The van der Waals surface area contributed by atoms with Crippen LogP contribution in [0.5, 0.6) is 0 Å². The van der Waals surface area contributed by atoms with Crippen molar-refractivity contribution in [1.29, 1.82) is 0 Å². The molecular weight excluding hydrogens is 226 g/mol. The van der Waals surface area contributed by atoms with Crippen LogP contribution in [0.15, 0.2) is 12.2 Å². The Hall–Kier alpha value is -1.58. The SMILES string of the molecule is C/C=C/CCNC(=O)[C@H](C)Cc1c(C)n[nH]c1C. The van der Waals surface area contributed by atoms with Crippen LogP contribution in [0.3, 0.4) is 0 Å². The first kappa shape index (κ1) is 14.5. The molecule has 0 aliphatic carbocycles. The Morgan fingerprint density at radius 2 is 2.22 bits per heavy atom. The van der Waals surface area contributed by atoms with Gasteiger partial charge in [-0.25, -0.2) is 0 Å².